The summed E-state index contributed by atoms with van der Waals surface area (Å²) in [5.74, 6) is 1.82. The number of benzene rings is 2. The van der Waals surface area contributed by atoms with Gasteiger partial charge >= 0.3 is 0 Å². The van der Waals surface area contributed by atoms with Crippen LogP contribution in [0.4, 0.5) is 0 Å². The number of thiazole rings is 1. The van der Waals surface area contributed by atoms with E-state index in [-0.39, 0.29) is 18.5 Å². The second-order valence-electron chi connectivity index (χ2n) is 7.16. The molecule has 0 saturated heterocycles. The molecule has 0 aliphatic carbocycles. The summed E-state index contributed by atoms with van der Waals surface area (Å²) >= 11 is 9.44. The highest BCUT2D eigenvalue weighted by molar-refractivity contribution is 7.99. The zero-order chi connectivity index (χ0) is 21.8. The highest BCUT2D eigenvalue weighted by atomic mass is 35.5. The Hall–Kier alpha value is -2.42. The van der Waals surface area contributed by atoms with Crippen molar-refractivity contribution in [2.75, 3.05) is 5.75 Å². The van der Waals surface area contributed by atoms with Gasteiger partial charge in [0, 0.05) is 11.8 Å². The first-order valence-electron chi connectivity index (χ1n) is 9.80. The van der Waals surface area contributed by atoms with Crippen LogP contribution in [0, 0.1) is 0 Å². The average Bonchev–Trinajstić information content (AvgIpc) is 3.38. The normalized spacial score (nSPS) is 11.4. The van der Waals surface area contributed by atoms with Crippen LogP contribution in [0.5, 0.6) is 0 Å². The average molecular weight is 473 g/mol. The minimum atomic E-state index is 0.00575. The summed E-state index contributed by atoms with van der Waals surface area (Å²) in [4.78, 5) is 19.2. The lowest BCUT2D eigenvalue weighted by Gasteiger charge is -2.25. The molecule has 0 fully saturated rings. The van der Waals surface area contributed by atoms with Gasteiger partial charge in [0.1, 0.15) is 5.01 Å². The molecule has 0 spiro atoms. The van der Waals surface area contributed by atoms with Crippen molar-refractivity contribution < 1.29 is 9.21 Å². The zero-order valence-corrected chi connectivity index (χ0v) is 19.5. The Morgan fingerprint density at radius 3 is 2.71 bits per heavy atom. The van der Waals surface area contributed by atoms with Gasteiger partial charge < -0.3 is 9.32 Å². The van der Waals surface area contributed by atoms with Crippen molar-refractivity contribution in [1.29, 1.82) is 0 Å². The van der Waals surface area contributed by atoms with Gasteiger partial charge in [-0.2, -0.15) is 0 Å². The molecule has 1 amide bonds. The predicted octanol–water partition coefficient (Wildman–Crippen LogP) is 5.67. The van der Waals surface area contributed by atoms with Crippen LogP contribution in [0.2, 0.25) is 5.02 Å². The predicted molar refractivity (Wildman–Crippen MR) is 126 cm³/mol. The van der Waals surface area contributed by atoms with Gasteiger partial charge in [-0.3, -0.25) is 4.79 Å². The van der Waals surface area contributed by atoms with Crippen LogP contribution in [-0.4, -0.2) is 37.8 Å². The first-order valence-corrected chi connectivity index (χ1v) is 12.1. The van der Waals surface area contributed by atoms with Gasteiger partial charge in [-0.1, -0.05) is 35.9 Å². The van der Waals surface area contributed by atoms with Crippen molar-refractivity contribution in [2.24, 2.45) is 0 Å². The lowest BCUT2D eigenvalue weighted by molar-refractivity contribution is -0.131. The summed E-state index contributed by atoms with van der Waals surface area (Å²) in [6, 6.07) is 15.4. The van der Waals surface area contributed by atoms with E-state index in [1.807, 2.05) is 50.2 Å². The van der Waals surface area contributed by atoms with E-state index in [1.54, 1.807) is 34.1 Å². The lowest BCUT2D eigenvalue weighted by atomic mass is 10.2. The van der Waals surface area contributed by atoms with Crippen LogP contribution >= 0.6 is 34.7 Å². The van der Waals surface area contributed by atoms with Crippen molar-refractivity contribution in [3.63, 3.8) is 0 Å². The summed E-state index contributed by atoms with van der Waals surface area (Å²) in [6.45, 7) is 4.21. The van der Waals surface area contributed by atoms with Crippen LogP contribution in [0.1, 0.15) is 24.7 Å². The highest BCUT2D eigenvalue weighted by Crippen LogP contribution is 2.27. The van der Waals surface area contributed by atoms with E-state index < -0.39 is 0 Å². The topological polar surface area (TPSA) is 72.1 Å². The molecule has 0 bridgehead atoms. The van der Waals surface area contributed by atoms with E-state index in [0.717, 1.165) is 10.5 Å². The van der Waals surface area contributed by atoms with Crippen molar-refractivity contribution >= 4 is 50.8 Å². The molecule has 4 aromatic rings. The fourth-order valence-corrected chi connectivity index (χ4v) is 5.20. The van der Waals surface area contributed by atoms with Crippen LogP contribution in [0.3, 0.4) is 0 Å². The minimum Gasteiger partial charge on any atom is -0.419 e. The first kappa shape index (κ1) is 21.8. The van der Waals surface area contributed by atoms with Crippen molar-refractivity contribution in [2.45, 2.75) is 32.2 Å². The molecule has 31 heavy (non-hydrogen) atoms. The number of nitrogens with zero attached hydrogens (tertiary/aromatic N) is 4. The number of hydrogen-bond donors (Lipinski definition) is 0. The van der Waals surface area contributed by atoms with E-state index in [0.29, 0.717) is 33.9 Å². The Kier molecular flexibility index (Phi) is 6.89. The molecule has 6 nitrogen and oxygen atoms in total. The summed E-state index contributed by atoms with van der Waals surface area (Å²) in [5.41, 5.74) is 1.68. The van der Waals surface area contributed by atoms with Crippen molar-refractivity contribution in [3.8, 4) is 11.5 Å². The van der Waals surface area contributed by atoms with Gasteiger partial charge in [0.05, 0.1) is 33.1 Å². The van der Waals surface area contributed by atoms with Crippen molar-refractivity contribution in [3.05, 3.63) is 64.5 Å². The number of aromatic nitrogens is 3. The number of amides is 1. The standard InChI is InChI=1S/C22H21ClN4O2S2/c1-14(2)27(11-19-25-26-22(29-19)15-7-3-4-8-16(15)23)21(28)13-30-12-20-24-17-9-5-6-10-18(17)31-20/h3-10,14H,11-13H2,1-2H3. The van der Waals surface area contributed by atoms with Crippen LogP contribution in [0.25, 0.3) is 21.7 Å². The van der Waals surface area contributed by atoms with Gasteiger partial charge in [0.2, 0.25) is 17.7 Å². The van der Waals surface area contributed by atoms with E-state index in [2.05, 4.69) is 21.2 Å². The second kappa shape index (κ2) is 9.80. The second-order valence-corrected chi connectivity index (χ2v) is 9.67. The van der Waals surface area contributed by atoms with Crippen molar-refractivity contribution in [1.82, 2.24) is 20.1 Å². The monoisotopic (exact) mass is 472 g/mol. The van der Waals surface area contributed by atoms with Gasteiger partial charge in [-0.05, 0) is 38.1 Å². The van der Waals surface area contributed by atoms with Crippen LogP contribution < -0.4 is 0 Å². The fourth-order valence-electron chi connectivity index (χ4n) is 3.06. The molecular formula is C22H21ClN4O2S2. The molecule has 160 valence electrons. The summed E-state index contributed by atoms with van der Waals surface area (Å²) in [7, 11) is 0. The Bertz CT molecular complexity index is 1160. The third-order valence-corrected chi connectivity index (χ3v) is 7.09. The molecule has 2 heterocycles. The van der Waals surface area contributed by atoms with E-state index in [9.17, 15) is 4.79 Å². The maximum absolute atomic E-state index is 12.9. The number of fused-ring (bicyclic) bond motifs is 1. The third-order valence-electron chi connectivity index (χ3n) is 4.61. The minimum absolute atomic E-state index is 0.00575. The zero-order valence-electron chi connectivity index (χ0n) is 17.1. The number of carbonyl (C=O) groups is 1. The molecule has 0 aliphatic rings. The molecule has 2 aromatic heterocycles. The Labute approximate surface area is 193 Å². The Morgan fingerprint density at radius 2 is 1.94 bits per heavy atom. The summed E-state index contributed by atoms with van der Waals surface area (Å²) in [5, 5.41) is 9.76. The van der Waals surface area contributed by atoms with Gasteiger partial charge in [-0.15, -0.1) is 33.3 Å². The van der Waals surface area contributed by atoms with E-state index in [1.165, 1.54) is 4.70 Å². The SMILES string of the molecule is CC(C)N(Cc1nnc(-c2ccccc2Cl)o1)C(=O)CSCc1nc2ccccc2s1. The molecular weight excluding hydrogens is 452 g/mol. The number of halogens is 1. The molecule has 0 saturated carbocycles. The largest absolute Gasteiger partial charge is 0.419 e. The summed E-state index contributed by atoms with van der Waals surface area (Å²) < 4.78 is 6.94. The van der Waals surface area contributed by atoms with Crippen LogP contribution in [-0.2, 0) is 17.1 Å². The highest BCUT2D eigenvalue weighted by Gasteiger charge is 2.21. The number of para-hydroxylation sites is 1. The smallest absolute Gasteiger partial charge is 0.249 e. The van der Waals surface area contributed by atoms with E-state index in [4.69, 9.17) is 16.0 Å². The molecule has 4 rings (SSSR count). The Morgan fingerprint density at radius 1 is 1.16 bits per heavy atom. The first-order chi connectivity index (χ1) is 15.0. The maximum atomic E-state index is 12.9. The lowest BCUT2D eigenvalue weighted by Crippen LogP contribution is -2.37. The number of rotatable bonds is 8. The number of carbonyl (C=O) groups excluding carboxylic acids is 1. The fraction of sp³-hybridized carbons (Fsp3) is 0.273. The quantitative estimate of drug-likeness (QED) is 0.329. The summed E-state index contributed by atoms with van der Waals surface area (Å²) in [6.07, 6.45) is 0. The maximum Gasteiger partial charge on any atom is 0.249 e. The van der Waals surface area contributed by atoms with Gasteiger partial charge in [0.25, 0.3) is 0 Å². The molecule has 0 N–H and O–H groups in total. The molecule has 9 heteroatoms. The number of thioether (sulfide) groups is 1. The van der Waals surface area contributed by atoms with Crippen LogP contribution in [0.15, 0.2) is 52.9 Å². The molecule has 0 atom stereocenters. The Balaban J connectivity index is 1.37. The molecule has 0 unspecified atom stereocenters. The van der Waals surface area contributed by atoms with E-state index >= 15 is 0 Å². The third kappa shape index (κ3) is 5.26. The molecule has 0 aliphatic heterocycles. The van der Waals surface area contributed by atoms with Gasteiger partial charge in [-0.25, -0.2) is 4.98 Å². The number of hydrogen-bond acceptors (Lipinski definition) is 7. The molecule has 2 aromatic carbocycles. The van der Waals surface area contributed by atoms with Gasteiger partial charge in [0.15, 0.2) is 0 Å². The molecule has 0 radical (unpaired) electrons.